The molecule has 3 aromatic rings. The number of aliphatic imine (C=N–C) groups is 1. The number of nitrogens with zero attached hydrogens (tertiary/aromatic N) is 4. The molecule has 0 aliphatic carbocycles. The van der Waals surface area contributed by atoms with Crippen molar-refractivity contribution < 1.29 is 26.3 Å². The number of morpholine rings is 1. The molecule has 0 spiro atoms. The van der Waals surface area contributed by atoms with E-state index in [1.807, 2.05) is 0 Å². The number of aryl methyl sites for hydroxylation is 1. The van der Waals surface area contributed by atoms with Gasteiger partial charge in [-0.25, -0.2) is 13.1 Å². The van der Waals surface area contributed by atoms with Crippen LogP contribution < -0.4 is 0 Å². The standard InChI is InChI=1S/C22H20ClF3N4O3S/c1-15-20(21(23)30(28-15)18-6-2-4-16(12-18)22(24,25)26)14-27-17-5-3-7-19(13-17)34(31,32)29-8-10-33-11-9-29/h2-7,12-14H,8-11H2,1H3. The Kier molecular flexibility index (Phi) is 6.81. The molecule has 0 atom stereocenters. The van der Waals surface area contributed by atoms with Crippen LogP contribution in [0, 0.1) is 6.92 Å². The van der Waals surface area contributed by atoms with Crippen LogP contribution in [0.2, 0.25) is 5.15 Å². The molecule has 0 amide bonds. The Morgan fingerprint density at radius 1 is 1.12 bits per heavy atom. The number of benzene rings is 2. The van der Waals surface area contributed by atoms with Crippen LogP contribution in [0.4, 0.5) is 18.9 Å². The summed E-state index contributed by atoms with van der Waals surface area (Å²) in [7, 11) is -3.69. The molecule has 1 saturated heterocycles. The zero-order valence-electron chi connectivity index (χ0n) is 18.0. The van der Waals surface area contributed by atoms with E-state index in [4.69, 9.17) is 16.3 Å². The zero-order chi connectivity index (χ0) is 24.5. The lowest BCUT2D eigenvalue weighted by atomic mass is 10.2. The molecule has 4 rings (SSSR count). The van der Waals surface area contributed by atoms with E-state index < -0.39 is 21.8 Å². The normalized spacial score (nSPS) is 15.8. The van der Waals surface area contributed by atoms with Crippen molar-refractivity contribution in [2.24, 2.45) is 4.99 Å². The van der Waals surface area contributed by atoms with Crippen LogP contribution in [0.3, 0.4) is 0 Å². The van der Waals surface area contributed by atoms with Crippen LogP contribution in [0.5, 0.6) is 0 Å². The summed E-state index contributed by atoms with van der Waals surface area (Å²) in [5, 5.41) is 4.33. The molecule has 0 bridgehead atoms. The minimum absolute atomic E-state index is 0.0812. The average Bonchev–Trinajstić information content (AvgIpc) is 3.11. The van der Waals surface area contributed by atoms with Crippen LogP contribution >= 0.6 is 11.6 Å². The van der Waals surface area contributed by atoms with Crippen molar-refractivity contribution in [1.82, 2.24) is 14.1 Å². The van der Waals surface area contributed by atoms with Crippen molar-refractivity contribution in [1.29, 1.82) is 0 Å². The van der Waals surface area contributed by atoms with Gasteiger partial charge < -0.3 is 4.74 Å². The van der Waals surface area contributed by atoms with E-state index in [-0.39, 0.29) is 28.8 Å². The fourth-order valence-electron chi connectivity index (χ4n) is 3.44. The number of halogens is 4. The summed E-state index contributed by atoms with van der Waals surface area (Å²) in [6.45, 7) is 2.88. The molecule has 180 valence electrons. The molecule has 1 aliphatic rings. The van der Waals surface area contributed by atoms with E-state index in [2.05, 4.69) is 10.1 Å². The fraction of sp³-hybridized carbons (Fsp3) is 0.273. The minimum atomic E-state index is -4.50. The summed E-state index contributed by atoms with van der Waals surface area (Å²) in [6, 6.07) is 10.8. The maximum atomic E-state index is 13.1. The molecular weight excluding hydrogens is 493 g/mol. The first-order valence-electron chi connectivity index (χ1n) is 10.2. The first kappa shape index (κ1) is 24.4. The van der Waals surface area contributed by atoms with Crippen molar-refractivity contribution in [3.05, 3.63) is 70.5 Å². The third kappa shape index (κ3) is 5.02. The largest absolute Gasteiger partial charge is 0.416 e. The van der Waals surface area contributed by atoms with Gasteiger partial charge in [-0.1, -0.05) is 23.7 Å². The third-order valence-electron chi connectivity index (χ3n) is 5.23. The summed E-state index contributed by atoms with van der Waals surface area (Å²) in [4.78, 5) is 4.43. The topological polar surface area (TPSA) is 76.8 Å². The van der Waals surface area contributed by atoms with Crippen LogP contribution in [0.15, 0.2) is 58.4 Å². The number of hydrogen-bond donors (Lipinski definition) is 0. The molecule has 1 aromatic heterocycles. The third-order valence-corrected chi connectivity index (χ3v) is 7.49. The van der Waals surface area contributed by atoms with Crippen molar-refractivity contribution in [2.75, 3.05) is 26.3 Å². The Labute approximate surface area is 199 Å². The van der Waals surface area contributed by atoms with Gasteiger partial charge in [0.1, 0.15) is 5.15 Å². The lowest BCUT2D eigenvalue weighted by Crippen LogP contribution is -2.40. The van der Waals surface area contributed by atoms with Gasteiger partial charge in [-0.3, -0.25) is 4.99 Å². The van der Waals surface area contributed by atoms with E-state index in [1.54, 1.807) is 19.1 Å². The Hall–Kier alpha value is -2.73. The van der Waals surface area contributed by atoms with Gasteiger partial charge in [0.15, 0.2) is 0 Å². The van der Waals surface area contributed by atoms with Gasteiger partial charge in [-0.05, 0) is 43.3 Å². The summed E-state index contributed by atoms with van der Waals surface area (Å²) >= 11 is 6.42. The van der Waals surface area contributed by atoms with Crippen LogP contribution in [0.25, 0.3) is 5.69 Å². The maximum absolute atomic E-state index is 13.1. The summed E-state index contributed by atoms with van der Waals surface area (Å²) in [5.41, 5.74) is 0.560. The predicted octanol–water partition coefficient (Wildman–Crippen LogP) is 4.62. The monoisotopic (exact) mass is 512 g/mol. The maximum Gasteiger partial charge on any atom is 0.416 e. The summed E-state index contributed by atoms with van der Waals surface area (Å²) < 4.78 is 72.8. The smallest absolute Gasteiger partial charge is 0.379 e. The highest BCUT2D eigenvalue weighted by molar-refractivity contribution is 7.89. The van der Waals surface area contributed by atoms with Gasteiger partial charge in [0.05, 0.1) is 46.3 Å². The van der Waals surface area contributed by atoms with Crippen molar-refractivity contribution in [3.63, 3.8) is 0 Å². The van der Waals surface area contributed by atoms with Crippen molar-refractivity contribution in [2.45, 2.75) is 18.0 Å². The molecule has 1 fully saturated rings. The minimum Gasteiger partial charge on any atom is -0.379 e. The lowest BCUT2D eigenvalue weighted by Gasteiger charge is -2.26. The van der Waals surface area contributed by atoms with Gasteiger partial charge in [0.25, 0.3) is 0 Å². The fourth-order valence-corrected chi connectivity index (χ4v) is 5.21. The highest BCUT2D eigenvalue weighted by atomic mass is 35.5. The van der Waals surface area contributed by atoms with Crippen LogP contribution in [-0.2, 0) is 20.9 Å². The molecule has 1 aliphatic heterocycles. The molecule has 0 unspecified atom stereocenters. The molecule has 34 heavy (non-hydrogen) atoms. The van der Waals surface area contributed by atoms with Gasteiger partial charge in [-0.2, -0.15) is 22.6 Å². The van der Waals surface area contributed by atoms with Gasteiger partial charge in [0.2, 0.25) is 10.0 Å². The Morgan fingerprint density at radius 3 is 2.53 bits per heavy atom. The van der Waals surface area contributed by atoms with Crippen LogP contribution in [0.1, 0.15) is 16.8 Å². The van der Waals surface area contributed by atoms with E-state index in [0.29, 0.717) is 30.2 Å². The molecule has 0 saturated carbocycles. The highest BCUT2D eigenvalue weighted by Gasteiger charge is 2.31. The molecule has 12 heteroatoms. The van der Waals surface area contributed by atoms with Crippen molar-refractivity contribution >= 4 is 33.5 Å². The molecule has 2 heterocycles. The van der Waals surface area contributed by atoms with E-state index in [9.17, 15) is 21.6 Å². The number of aromatic nitrogens is 2. The lowest BCUT2D eigenvalue weighted by molar-refractivity contribution is -0.137. The second kappa shape index (κ2) is 9.49. The number of rotatable bonds is 5. The molecule has 0 N–H and O–H groups in total. The second-order valence-electron chi connectivity index (χ2n) is 7.52. The Balaban J connectivity index is 1.62. The average molecular weight is 513 g/mol. The second-order valence-corrected chi connectivity index (χ2v) is 9.82. The van der Waals surface area contributed by atoms with E-state index in [1.165, 1.54) is 39.5 Å². The Bertz CT molecular complexity index is 1330. The SMILES string of the molecule is Cc1nn(-c2cccc(C(F)(F)F)c2)c(Cl)c1C=Nc1cccc(S(=O)(=O)N2CCOCC2)c1. The first-order valence-corrected chi connectivity index (χ1v) is 12.0. The molecule has 0 radical (unpaired) electrons. The summed E-state index contributed by atoms with van der Waals surface area (Å²) in [6.07, 6.45) is -3.09. The van der Waals surface area contributed by atoms with Gasteiger partial charge in [0, 0.05) is 19.3 Å². The van der Waals surface area contributed by atoms with Gasteiger partial charge >= 0.3 is 6.18 Å². The first-order chi connectivity index (χ1) is 16.1. The van der Waals surface area contributed by atoms with Gasteiger partial charge in [-0.15, -0.1) is 0 Å². The van der Waals surface area contributed by atoms with Crippen LogP contribution in [-0.4, -0.2) is 55.0 Å². The Morgan fingerprint density at radius 2 is 1.82 bits per heavy atom. The van der Waals surface area contributed by atoms with E-state index in [0.717, 1.165) is 12.1 Å². The van der Waals surface area contributed by atoms with Crippen molar-refractivity contribution in [3.8, 4) is 5.69 Å². The molecule has 7 nitrogen and oxygen atoms in total. The number of hydrogen-bond acceptors (Lipinski definition) is 5. The molecular formula is C22H20ClF3N4O3S. The quantitative estimate of drug-likeness (QED) is 0.467. The van der Waals surface area contributed by atoms with E-state index >= 15 is 0 Å². The number of ether oxygens (including phenoxy) is 1. The zero-order valence-corrected chi connectivity index (χ0v) is 19.5. The number of alkyl halides is 3. The highest BCUT2D eigenvalue weighted by Crippen LogP contribution is 2.31. The molecule has 2 aromatic carbocycles. The number of sulfonamides is 1. The summed E-state index contributed by atoms with van der Waals surface area (Å²) in [5.74, 6) is 0. The predicted molar refractivity (Wildman–Crippen MR) is 122 cm³/mol.